The maximum Gasteiger partial charge on any atom is 0.232 e. The van der Waals surface area contributed by atoms with Crippen molar-refractivity contribution in [1.29, 1.82) is 0 Å². The van der Waals surface area contributed by atoms with Crippen molar-refractivity contribution < 1.29 is 28.5 Å². The summed E-state index contributed by atoms with van der Waals surface area (Å²) < 4.78 is 28.0. The van der Waals surface area contributed by atoms with Crippen LogP contribution in [0.25, 0.3) is 6.08 Å². The Labute approximate surface area is 207 Å². The first-order chi connectivity index (χ1) is 16.3. The molecular formula is C26H22Cl2O6. The van der Waals surface area contributed by atoms with Gasteiger partial charge in [-0.15, -0.1) is 0 Å². The fraction of sp³-hybridized carbons (Fsp3) is 0.192. The Morgan fingerprint density at radius 3 is 2.29 bits per heavy atom. The SMILES string of the molecule is COc1cc(OC)c(OC)cc1/C=C1\Oc2cc(OCc3ccc(Cl)cc3Cl)cc(C)c2C1=O. The largest absolute Gasteiger partial charge is 0.496 e. The molecule has 176 valence electrons. The van der Waals surface area contributed by atoms with E-state index in [4.69, 9.17) is 46.9 Å². The van der Waals surface area contributed by atoms with Crippen molar-refractivity contribution in [3.8, 4) is 28.7 Å². The van der Waals surface area contributed by atoms with E-state index in [9.17, 15) is 4.79 Å². The number of ketones is 1. The lowest BCUT2D eigenvalue weighted by Gasteiger charge is -2.12. The zero-order valence-corrected chi connectivity index (χ0v) is 20.5. The Balaban J connectivity index is 1.62. The Morgan fingerprint density at radius 1 is 0.912 bits per heavy atom. The van der Waals surface area contributed by atoms with Crippen molar-refractivity contribution in [3.63, 3.8) is 0 Å². The second-order valence-electron chi connectivity index (χ2n) is 7.53. The second kappa shape index (κ2) is 9.87. The van der Waals surface area contributed by atoms with Crippen LogP contribution in [0, 0.1) is 6.92 Å². The van der Waals surface area contributed by atoms with Gasteiger partial charge in [0.2, 0.25) is 5.78 Å². The van der Waals surface area contributed by atoms with Crippen LogP contribution in [0.1, 0.15) is 27.0 Å². The van der Waals surface area contributed by atoms with Crippen molar-refractivity contribution in [1.82, 2.24) is 0 Å². The van der Waals surface area contributed by atoms with Crippen molar-refractivity contribution in [2.24, 2.45) is 0 Å². The third kappa shape index (κ3) is 4.65. The highest BCUT2D eigenvalue weighted by atomic mass is 35.5. The number of halogens is 2. The highest BCUT2D eigenvalue weighted by Gasteiger charge is 2.30. The predicted molar refractivity (Wildman–Crippen MR) is 131 cm³/mol. The maximum atomic E-state index is 13.1. The lowest BCUT2D eigenvalue weighted by molar-refractivity contribution is 0.101. The number of carbonyl (C=O) groups excluding carboxylic acids is 1. The molecule has 0 N–H and O–H groups in total. The number of ether oxygens (including phenoxy) is 5. The summed E-state index contributed by atoms with van der Waals surface area (Å²) in [4.78, 5) is 13.1. The number of rotatable bonds is 7. The van der Waals surface area contributed by atoms with Crippen LogP contribution < -0.4 is 23.7 Å². The Hall–Kier alpha value is -3.35. The number of hydrogen-bond acceptors (Lipinski definition) is 6. The maximum absolute atomic E-state index is 13.1. The Morgan fingerprint density at radius 2 is 1.62 bits per heavy atom. The van der Waals surface area contributed by atoms with Gasteiger partial charge in [0.1, 0.15) is 23.9 Å². The van der Waals surface area contributed by atoms with Crippen LogP contribution in [0.4, 0.5) is 0 Å². The zero-order valence-electron chi connectivity index (χ0n) is 19.0. The van der Waals surface area contributed by atoms with E-state index in [0.29, 0.717) is 49.9 Å². The van der Waals surface area contributed by atoms with Crippen LogP contribution >= 0.6 is 23.2 Å². The molecule has 1 aliphatic heterocycles. The minimum atomic E-state index is -0.225. The smallest absolute Gasteiger partial charge is 0.232 e. The van der Waals surface area contributed by atoms with E-state index in [1.165, 1.54) is 14.2 Å². The molecular weight excluding hydrogens is 479 g/mol. The first-order valence-corrected chi connectivity index (χ1v) is 11.1. The summed E-state index contributed by atoms with van der Waals surface area (Å²) in [7, 11) is 4.62. The Kier molecular flexibility index (Phi) is 6.91. The van der Waals surface area contributed by atoms with E-state index in [1.54, 1.807) is 49.6 Å². The normalized spacial score (nSPS) is 13.5. The molecule has 3 aromatic rings. The van der Waals surface area contributed by atoms with Crippen molar-refractivity contribution in [3.05, 3.63) is 80.5 Å². The fourth-order valence-corrected chi connectivity index (χ4v) is 4.13. The highest BCUT2D eigenvalue weighted by molar-refractivity contribution is 6.35. The molecule has 0 unspecified atom stereocenters. The molecule has 0 spiro atoms. The van der Waals surface area contributed by atoms with E-state index < -0.39 is 0 Å². The minimum absolute atomic E-state index is 0.168. The van der Waals surface area contributed by atoms with Gasteiger partial charge in [-0.1, -0.05) is 29.3 Å². The van der Waals surface area contributed by atoms with Gasteiger partial charge in [0.15, 0.2) is 17.3 Å². The molecule has 0 amide bonds. The van der Waals surface area contributed by atoms with Gasteiger partial charge < -0.3 is 23.7 Å². The van der Waals surface area contributed by atoms with E-state index in [-0.39, 0.29) is 18.1 Å². The lowest BCUT2D eigenvalue weighted by Crippen LogP contribution is -2.01. The summed E-state index contributed by atoms with van der Waals surface area (Å²) in [5.41, 5.74) is 2.63. The molecule has 0 aromatic heterocycles. The molecule has 6 nitrogen and oxygen atoms in total. The van der Waals surface area contributed by atoms with Gasteiger partial charge in [-0.05, 0) is 42.8 Å². The molecule has 0 bridgehead atoms. The number of benzene rings is 3. The zero-order chi connectivity index (χ0) is 24.4. The van der Waals surface area contributed by atoms with Crippen molar-refractivity contribution in [2.45, 2.75) is 13.5 Å². The molecule has 4 rings (SSSR count). The molecule has 0 saturated carbocycles. The van der Waals surface area contributed by atoms with E-state index in [1.807, 2.05) is 13.0 Å². The first kappa shape index (κ1) is 23.8. The summed E-state index contributed by atoms with van der Waals surface area (Å²) in [5, 5.41) is 1.07. The predicted octanol–water partition coefficient (Wildman–Crippen LogP) is 6.52. The molecule has 0 aliphatic carbocycles. The van der Waals surface area contributed by atoms with Crippen molar-refractivity contribution in [2.75, 3.05) is 21.3 Å². The third-order valence-corrected chi connectivity index (χ3v) is 5.96. The molecule has 1 heterocycles. The Bertz CT molecular complexity index is 1300. The average Bonchev–Trinajstić information content (AvgIpc) is 3.13. The quantitative estimate of drug-likeness (QED) is 0.344. The number of hydrogen-bond donors (Lipinski definition) is 0. The summed E-state index contributed by atoms with van der Waals surface area (Å²) >= 11 is 12.2. The van der Waals surface area contributed by atoms with Gasteiger partial charge in [-0.25, -0.2) is 0 Å². The number of methoxy groups -OCH3 is 3. The van der Waals surface area contributed by atoms with E-state index >= 15 is 0 Å². The monoisotopic (exact) mass is 500 g/mol. The first-order valence-electron chi connectivity index (χ1n) is 10.3. The second-order valence-corrected chi connectivity index (χ2v) is 8.37. The van der Waals surface area contributed by atoms with Crippen LogP contribution in [-0.2, 0) is 6.61 Å². The minimum Gasteiger partial charge on any atom is -0.496 e. The standard InChI is InChI=1S/C26H22Cl2O6/c1-14-7-18(33-13-15-5-6-17(27)10-19(15)28)11-23-25(14)26(29)24(34-23)9-16-8-21(31-3)22(32-4)12-20(16)30-2/h5-12H,13H2,1-4H3/b24-9-. The number of Topliss-reactive ketones (excluding diaryl/α,β-unsaturated/α-hetero) is 1. The van der Waals surface area contributed by atoms with Crippen LogP contribution in [0.3, 0.4) is 0 Å². The lowest BCUT2D eigenvalue weighted by atomic mass is 10.0. The van der Waals surface area contributed by atoms with Gasteiger partial charge >= 0.3 is 0 Å². The molecule has 3 aromatic carbocycles. The van der Waals surface area contributed by atoms with Crippen LogP contribution in [0.15, 0.2) is 48.2 Å². The molecule has 0 radical (unpaired) electrons. The fourth-order valence-electron chi connectivity index (χ4n) is 3.67. The topological polar surface area (TPSA) is 63.2 Å². The van der Waals surface area contributed by atoms with Crippen LogP contribution in [-0.4, -0.2) is 27.1 Å². The van der Waals surface area contributed by atoms with Crippen LogP contribution in [0.5, 0.6) is 28.7 Å². The van der Waals surface area contributed by atoms with Crippen molar-refractivity contribution >= 4 is 35.1 Å². The number of fused-ring (bicyclic) bond motifs is 1. The number of aryl methyl sites for hydroxylation is 1. The molecule has 1 aliphatic rings. The number of allylic oxidation sites excluding steroid dienone is 1. The molecule has 8 heteroatoms. The third-order valence-electron chi connectivity index (χ3n) is 5.38. The molecule has 0 saturated heterocycles. The molecule has 0 fully saturated rings. The van der Waals surface area contributed by atoms with Gasteiger partial charge in [0.05, 0.1) is 26.9 Å². The van der Waals surface area contributed by atoms with E-state index in [2.05, 4.69) is 0 Å². The summed E-state index contributed by atoms with van der Waals surface area (Å²) in [5.74, 6) is 2.46. The van der Waals surface area contributed by atoms with Gasteiger partial charge in [0.25, 0.3) is 0 Å². The summed E-state index contributed by atoms with van der Waals surface area (Å²) in [6.45, 7) is 2.08. The highest BCUT2D eigenvalue weighted by Crippen LogP contribution is 2.40. The summed E-state index contributed by atoms with van der Waals surface area (Å²) in [6, 6.07) is 12.1. The number of carbonyl (C=O) groups is 1. The summed E-state index contributed by atoms with van der Waals surface area (Å²) in [6.07, 6.45) is 1.62. The molecule has 34 heavy (non-hydrogen) atoms. The van der Waals surface area contributed by atoms with Gasteiger partial charge in [0, 0.05) is 33.3 Å². The average molecular weight is 501 g/mol. The van der Waals surface area contributed by atoms with E-state index in [0.717, 1.165) is 11.1 Å². The molecule has 0 atom stereocenters. The van der Waals surface area contributed by atoms with Gasteiger partial charge in [-0.2, -0.15) is 0 Å². The van der Waals surface area contributed by atoms with Crippen LogP contribution in [0.2, 0.25) is 10.0 Å². The van der Waals surface area contributed by atoms with Gasteiger partial charge in [-0.3, -0.25) is 4.79 Å².